The Bertz CT molecular complexity index is 1890. The zero-order chi connectivity index (χ0) is 40.6. The molecule has 0 spiro atoms. The van der Waals surface area contributed by atoms with Crippen LogP contribution in [0.4, 0.5) is 4.79 Å². The van der Waals surface area contributed by atoms with E-state index in [4.69, 9.17) is 19.4 Å². The molecule has 310 valence electrons. The van der Waals surface area contributed by atoms with E-state index in [1.165, 1.54) is 42.7 Å². The average molecular weight is 805 g/mol. The first-order valence-corrected chi connectivity index (χ1v) is 22.0. The van der Waals surface area contributed by atoms with Crippen LogP contribution in [0, 0.1) is 11.8 Å². The molecule has 57 heavy (non-hydrogen) atoms. The van der Waals surface area contributed by atoms with Gasteiger partial charge in [-0.05, 0) is 85.6 Å². The minimum absolute atomic E-state index is 0.0152. The van der Waals surface area contributed by atoms with E-state index in [1.54, 1.807) is 32.1 Å². The molecule has 13 nitrogen and oxygen atoms in total. The molecule has 2 aromatic rings. The van der Waals surface area contributed by atoms with Crippen molar-refractivity contribution in [3.8, 4) is 6.01 Å². The molecule has 0 aromatic carbocycles. The maximum absolute atomic E-state index is 14.7. The molecule has 5 aliphatic rings. The number of carboxylic acids is 1. The number of nitrogens with zero attached hydrogens (tertiary/aromatic N) is 4. The second-order valence-corrected chi connectivity index (χ2v) is 18.9. The van der Waals surface area contributed by atoms with Crippen LogP contribution in [0.15, 0.2) is 23.6 Å². The molecule has 2 aromatic heterocycles. The van der Waals surface area contributed by atoms with Crippen LogP contribution in [0.25, 0.3) is 6.08 Å². The first kappa shape index (κ1) is 41.0. The minimum Gasteiger partial charge on any atom is -0.479 e. The summed E-state index contributed by atoms with van der Waals surface area (Å²) in [4.78, 5) is 66.6. The van der Waals surface area contributed by atoms with Gasteiger partial charge in [0, 0.05) is 29.2 Å². The van der Waals surface area contributed by atoms with E-state index in [0.717, 1.165) is 42.1 Å². The van der Waals surface area contributed by atoms with Crippen molar-refractivity contribution in [2.75, 3.05) is 6.54 Å². The van der Waals surface area contributed by atoms with Crippen molar-refractivity contribution in [1.82, 2.24) is 30.1 Å². The van der Waals surface area contributed by atoms with Gasteiger partial charge in [-0.1, -0.05) is 57.3 Å². The van der Waals surface area contributed by atoms with E-state index in [2.05, 4.69) is 46.6 Å². The van der Waals surface area contributed by atoms with Crippen LogP contribution in [0.5, 0.6) is 6.01 Å². The van der Waals surface area contributed by atoms with Crippen molar-refractivity contribution in [3.05, 3.63) is 45.7 Å². The number of alkyl carbamates (subject to hydrolysis) is 1. The highest BCUT2D eigenvalue weighted by Gasteiger charge is 2.62. The number of carbonyl (C=O) groups is 4. The van der Waals surface area contributed by atoms with Crippen molar-refractivity contribution in [2.45, 2.75) is 166 Å². The molecular weight excluding hydrogens is 745 g/mol. The average Bonchev–Trinajstić information content (AvgIpc) is 3.44. The smallest absolute Gasteiger partial charge is 0.408 e. The lowest BCUT2D eigenvalue weighted by Crippen LogP contribution is -2.57. The Hall–Kier alpha value is -4.20. The Morgan fingerprint density at radius 3 is 2.51 bits per heavy atom. The number of fused-ring (bicyclic) bond motifs is 3. The molecule has 7 rings (SSSR count). The van der Waals surface area contributed by atoms with Gasteiger partial charge in [-0.25, -0.2) is 14.6 Å². The summed E-state index contributed by atoms with van der Waals surface area (Å²) in [6.07, 6.45) is 17.4. The lowest BCUT2D eigenvalue weighted by Gasteiger charge is -2.31. The van der Waals surface area contributed by atoms with Gasteiger partial charge >= 0.3 is 12.1 Å². The van der Waals surface area contributed by atoms with Crippen LogP contribution in [0.1, 0.15) is 159 Å². The Morgan fingerprint density at radius 1 is 1.05 bits per heavy atom. The lowest BCUT2D eigenvalue weighted by molar-refractivity contribution is -0.146. The first-order chi connectivity index (χ1) is 27.2. The summed E-state index contributed by atoms with van der Waals surface area (Å²) in [5, 5.41) is 19.3. The number of nitrogens with one attached hydrogen (secondary N) is 2. The summed E-state index contributed by atoms with van der Waals surface area (Å²) in [6, 6.07) is -1.63. The molecule has 14 heteroatoms. The van der Waals surface area contributed by atoms with Gasteiger partial charge in [0.15, 0.2) is 0 Å². The SMILES string of the molecule is CC(C)n1c(O[C@H]2CN3C(=O)[C@@H](NC(=O)OC(C)(C)C)CCCCC/C=C\[C@@H]4C[C@@]4(C(=O)O)NC(=O)[C@@H]3[C@@H]2C)nc2c1C=CCC2c1nc(C2CCCCC2)cs1. The molecule has 4 heterocycles. The highest BCUT2D eigenvalue weighted by molar-refractivity contribution is 7.09. The van der Waals surface area contributed by atoms with Crippen molar-refractivity contribution >= 4 is 41.3 Å². The number of hydrogen-bond acceptors (Lipinski definition) is 9. The molecule has 3 amide bonds. The van der Waals surface area contributed by atoms with Crippen molar-refractivity contribution in [1.29, 1.82) is 0 Å². The summed E-state index contributed by atoms with van der Waals surface area (Å²) < 4.78 is 14.5. The number of amides is 3. The molecular formula is C43H60N6O7S. The molecule has 0 bridgehead atoms. The Morgan fingerprint density at radius 2 is 1.79 bits per heavy atom. The van der Waals surface area contributed by atoms with E-state index >= 15 is 0 Å². The maximum Gasteiger partial charge on any atom is 0.408 e. The summed E-state index contributed by atoms with van der Waals surface area (Å²) >= 11 is 1.70. The fourth-order valence-corrected chi connectivity index (χ4v) is 10.2. The topological polar surface area (TPSA) is 165 Å². The van der Waals surface area contributed by atoms with E-state index in [1.807, 2.05) is 19.1 Å². The van der Waals surface area contributed by atoms with E-state index in [-0.39, 0.29) is 30.8 Å². The molecule has 7 atom stereocenters. The van der Waals surface area contributed by atoms with E-state index in [0.29, 0.717) is 24.8 Å². The fourth-order valence-electron chi connectivity index (χ4n) is 9.20. The predicted molar refractivity (Wildman–Crippen MR) is 217 cm³/mol. The molecule has 3 fully saturated rings. The second kappa shape index (κ2) is 16.6. The van der Waals surface area contributed by atoms with Crippen LogP contribution in [0.2, 0.25) is 0 Å². The van der Waals surface area contributed by atoms with E-state index < -0.39 is 59.1 Å². The lowest BCUT2D eigenvalue weighted by atomic mass is 9.87. The van der Waals surface area contributed by atoms with Gasteiger partial charge in [0.2, 0.25) is 11.8 Å². The zero-order valence-electron chi connectivity index (χ0n) is 34.3. The largest absolute Gasteiger partial charge is 0.479 e. The Kier molecular flexibility index (Phi) is 11.9. The van der Waals surface area contributed by atoms with Crippen molar-refractivity contribution in [2.24, 2.45) is 11.8 Å². The number of aromatic nitrogens is 3. The van der Waals surface area contributed by atoms with Crippen LogP contribution in [-0.2, 0) is 19.1 Å². The van der Waals surface area contributed by atoms with Gasteiger partial charge in [0.1, 0.15) is 34.3 Å². The first-order valence-electron chi connectivity index (χ1n) is 21.1. The number of thiazole rings is 1. The quantitative estimate of drug-likeness (QED) is 0.241. The zero-order valence-corrected chi connectivity index (χ0v) is 35.1. The van der Waals surface area contributed by atoms with Crippen molar-refractivity contribution < 1.29 is 33.8 Å². The molecule has 1 saturated heterocycles. The van der Waals surface area contributed by atoms with Crippen LogP contribution in [-0.4, -0.2) is 84.3 Å². The third kappa shape index (κ3) is 8.66. The Balaban J connectivity index is 1.20. The van der Waals surface area contributed by atoms with Gasteiger partial charge in [0.05, 0.1) is 29.5 Å². The number of carbonyl (C=O) groups excluding carboxylic acids is 3. The molecule has 3 aliphatic carbocycles. The predicted octanol–water partition coefficient (Wildman–Crippen LogP) is 7.48. The summed E-state index contributed by atoms with van der Waals surface area (Å²) in [5.41, 5.74) is 0.818. The number of ether oxygens (including phenoxy) is 2. The summed E-state index contributed by atoms with van der Waals surface area (Å²) in [6.45, 7) is 11.3. The molecule has 2 aliphatic heterocycles. The number of rotatable bonds is 7. The molecule has 3 N–H and O–H groups in total. The van der Waals surface area contributed by atoms with Gasteiger partial charge in [-0.2, -0.15) is 4.98 Å². The normalized spacial score (nSPS) is 30.3. The molecule has 0 radical (unpaired) electrons. The number of carboxylic acid groups (broad SMARTS) is 1. The van der Waals surface area contributed by atoms with Crippen LogP contribution >= 0.6 is 11.3 Å². The third-order valence-electron chi connectivity index (χ3n) is 12.4. The van der Waals surface area contributed by atoms with E-state index in [9.17, 15) is 24.3 Å². The summed E-state index contributed by atoms with van der Waals surface area (Å²) in [5.74, 6) is -2.50. The maximum atomic E-state index is 14.7. The van der Waals surface area contributed by atoms with Crippen LogP contribution in [0.3, 0.4) is 0 Å². The Labute approximate surface area is 340 Å². The van der Waals surface area contributed by atoms with Gasteiger partial charge < -0.3 is 30.1 Å². The second-order valence-electron chi connectivity index (χ2n) is 18.1. The van der Waals surface area contributed by atoms with Gasteiger partial charge in [-0.3, -0.25) is 14.2 Å². The number of allylic oxidation sites excluding steroid dienone is 2. The van der Waals surface area contributed by atoms with Crippen molar-refractivity contribution in [3.63, 3.8) is 0 Å². The monoisotopic (exact) mass is 804 g/mol. The summed E-state index contributed by atoms with van der Waals surface area (Å²) in [7, 11) is 0. The number of imidazole rings is 1. The molecule has 1 unspecified atom stereocenters. The third-order valence-corrected chi connectivity index (χ3v) is 13.3. The van der Waals surface area contributed by atoms with Gasteiger partial charge in [0.25, 0.3) is 6.01 Å². The fraction of sp³-hybridized carbons (Fsp3) is 0.674. The highest BCUT2D eigenvalue weighted by atomic mass is 32.1. The minimum atomic E-state index is -1.45. The highest BCUT2D eigenvalue weighted by Crippen LogP contribution is 2.46. The van der Waals surface area contributed by atoms with Crippen LogP contribution < -0.4 is 15.4 Å². The number of hydrogen-bond donors (Lipinski definition) is 3. The standard InChI is InChI=1S/C43H60N6O7S/c1-25(2)49-32-21-15-19-29(37-44-31(24-57-37)27-16-11-10-12-17-27)34(32)46-40(49)55-33-23-48-35(26(33)3)36(50)47-43(39(52)53)22-28(43)18-13-8-7-9-14-20-30(38(48)51)45-41(54)56-42(4,5)6/h13,15,18,21,24-30,33,35H,7-12,14,16-17,19-20,22-23H2,1-6H3,(H,45,54)(H,47,50)(H,52,53)/b18-13-/t26-,28-,29?,30+,33+,35+,43-/m1/s1. The molecule has 2 saturated carbocycles. The number of aliphatic carboxylic acids is 1. The van der Waals surface area contributed by atoms with Gasteiger partial charge in [-0.15, -0.1) is 11.3 Å².